The van der Waals surface area contributed by atoms with E-state index in [-0.39, 0.29) is 6.04 Å². The van der Waals surface area contributed by atoms with E-state index in [2.05, 4.69) is 27.3 Å². The van der Waals surface area contributed by atoms with Crippen LogP contribution in [-0.4, -0.2) is 34.6 Å². The van der Waals surface area contributed by atoms with Crippen molar-refractivity contribution in [3.05, 3.63) is 57.7 Å². The van der Waals surface area contributed by atoms with Gasteiger partial charge in [-0.2, -0.15) is 5.26 Å². The molecule has 7 nitrogen and oxygen atoms in total. The summed E-state index contributed by atoms with van der Waals surface area (Å²) in [5.41, 5.74) is 2.12. The third-order valence-electron chi connectivity index (χ3n) is 5.57. The van der Waals surface area contributed by atoms with E-state index >= 15 is 0 Å². The lowest BCUT2D eigenvalue weighted by atomic mass is 10.1. The van der Waals surface area contributed by atoms with E-state index in [1.54, 1.807) is 6.20 Å². The normalized spacial score (nSPS) is 18.2. The highest BCUT2D eigenvalue weighted by Crippen LogP contribution is 2.40. The smallest absolute Gasteiger partial charge is 0.189 e. The molecule has 5 rings (SSSR count). The number of hydrogen-bond acceptors (Lipinski definition) is 8. The number of benzene rings is 1. The largest absolute Gasteiger partial charge is 0.489 e. The van der Waals surface area contributed by atoms with E-state index in [0.717, 1.165) is 55.2 Å². The summed E-state index contributed by atoms with van der Waals surface area (Å²) in [5.74, 6) is 2.10. The summed E-state index contributed by atoms with van der Waals surface area (Å²) >= 11 is 7.81. The molecule has 1 saturated heterocycles. The molecule has 4 heterocycles. The second-order valence-corrected chi connectivity index (χ2v) is 9.24. The van der Waals surface area contributed by atoms with E-state index < -0.39 is 0 Å². The fourth-order valence-corrected chi connectivity index (χ4v) is 5.07. The molecule has 2 aliphatic heterocycles. The van der Waals surface area contributed by atoms with Gasteiger partial charge >= 0.3 is 0 Å². The van der Waals surface area contributed by atoms with Crippen LogP contribution in [0.1, 0.15) is 41.4 Å². The van der Waals surface area contributed by atoms with Crippen molar-refractivity contribution in [1.82, 2.24) is 14.9 Å². The van der Waals surface area contributed by atoms with Crippen molar-refractivity contribution in [2.24, 2.45) is 0 Å². The Kier molecular flexibility index (Phi) is 6.12. The van der Waals surface area contributed by atoms with Gasteiger partial charge in [0.2, 0.25) is 0 Å². The fourth-order valence-electron chi connectivity index (χ4n) is 4.16. The summed E-state index contributed by atoms with van der Waals surface area (Å²) in [6, 6.07) is 12.3. The van der Waals surface area contributed by atoms with Crippen LogP contribution < -0.4 is 14.8 Å². The molecule has 0 bridgehead atoms. The Morgan fingerprint density at radius 2 is 2.16 bits per heavy atom. The van der Waals surface area contributed by atoms with Crippen LogP contribution in [0.3, 0.4) is 0 Å². The zero-order chi connectivity index (χ0) is 21.9. The Morgan fingerprint density at radius 3 is 3.03 bits per heavy atom. The van der Waals surface area contributed by atoms with Crippen molar-refractivity contribution in [3.63, 3.8) is 0 Å². The van der Waals surface area contributed by atoms with Crippen LogP contribution in [0.5, 0.6) is 11.5 Å². The van der Waals surface area contributed by atoms with Gasteiger partial charge in [-0.25, -0.2) is 9.97 Å². The van der Waals surface area contributed by atoms with Gasteiger partial charge in [0.25, 0.3) is 0 Å². The third-order valence-corrected chi connectivity index (χ3v) is 6.67. The number of thiazole rings is 1. The van der Waals surface area contributed by atoms with Gasteiger partial charge in [-0.05, 0) is 49.2 Å². The molecule has 0 aliphatic carbocycles. The zero-order valence-corrected chi connectivity index (χ0v) is 19.0. The molecule has 0 unspecified atom stereocenters. The first-order valence-corrected chi connectivity index (χ1v) is 11.8. The van der Waals surface area contributed by atoms with Crippen LogP contribution in [-0.2, 0) is 6.54 Å². The molecule has 0 spiro atoms. The van der Waals surface area contributed by atoms with E-state index in [1.807, 2.05) is 24.3 Å². The molecule has 0 saturated carbocycles. The topological polar surface area (TPSA) is 83.3 Å². The molecule has 1 atom stereocenters. The highest BCUT2D eigenvalue weighted by atomic mass is 35.5. The molecule has 9 heteroatoms. The second-order valence-electron chi connectivity index (χ2n) is 7.80. The monoisotopic (exact) mass is 467 g/mol. The molecular weight excluding hydrogens is 446 g/mol. The van der Waals surface area contributed by atoms with Gasteiger partial charge in [0.1, 0.15) is 16.8 Å². The van der Waals surface area contributed by atoms with Gasteiger partial charge in [-0.15, -0.1) is 0 Å². The van der Waals surface area contributed by atoms with Crippen LogP contribution >= 0.6 is 22.9 Å². The number of pyridine rings is 1. The molecule has 3 aromatic rings. The number of nitrogens with one attached hydrogen (secondary N) is 1. The number of ether oxygens (including phenoxy) is 2. The van der Waals surface area contributed by atoms with Crippen LogP contribution in [0, 0.1) is 11.3 Å². The number of nitrogens with zero attached hydrogens (tertiary/aromatic N) is 4. The van der Waals surface area contributed by atoms with Gasteiger partial charge in [-0.1, -0.05) is 29.0 Å². The number of rotatable bonds is 5. The lowest BCUT2D eigenvalue weighted by Crippen LogP contribution is -2.23. The van der Waals surface area contributed by atoms with Crippen molar-refractivity contribution in [3.8, 4) is 17.6 Å². The lowest BCUT2D eigenvalue weighted by molar-refractivity contribution is 0.244. The predicted octanol–water partition coefficient (Wildman–Crippen LogP) is 5.31. The first-order valence-electron chi connectivity index (χ1n) is 10.6. The average Bonchev–Trinajstić information content (AvgIpc) is 3.37. The Labute approximate surface area is 195 Å². The average molecular weight is 468 g/mol. The Balaban J connectivity index is 1.33. The van der Waals surface area contributed by atoms with Gasteiger partial charge in [0.15, 0.2) is 16.6 Å². The number of nitriles is 1. The first-order chi connectivity index (χ1) is 15.7. The van der Waals surface area contributed by atoms with Gasteiger partial charge in [0.05, 0.1) is 36.2 Å². The van der Waals surface area contributed by atoms with Gasteiger partial charge < -0.3 is 14.8 Å². The molecule has 1 aromatic carbocycles. The van der Waals surface area contributed by atoms with Crippen LogP contribution in [0.4, 0.5) is 10.9 Å². The summed E-state index contributed by atoms with van der Waals surface area (Å²) < 4.78 is 11.6. The Bertz CT molecular complexity index is 1160. The standard InChI is InChI=1S/C23H22ClN5O2S/c24-17-10-15(11-20-22(17)31-9-3-8-30-20)14-29-7-2-5-19(29)18-4-1-6-21(27-18)28-23-26-13-16(12-25)32-23/h1,4,6,10-11,13,19H,2-3,5,7-9,14H2,(H,26,27,28)/t19-/m1/s1. The lowest BCUT2D eigenvalue weighted by Gasteiger charge is -2.25. The van der Waals surface area contributed by atoms with Crippen molar-refractivity contribution in [1.29, 1.82) is 5.26 Å². The first kappa shape index (κ1) is 21.0. The number of fused-ring (bicyclic) bond motifs is 1. The fraction of sp³-hybridized carbons (Fsp3) is 0.348. The van der Waals surface area contributed by atoms with Crippen molar-refractivity contribution < 1.29 is 9.47 Å². The zero-order valence-electron chi connectivity index (χ0n) is 17.4. The molecule has 1 N–H and O–H groups in total. The molecule has 2 aromatic heterocycles. The van der Waals surface area contributed by atoms with E-state index in [9.17, 15) is 0 Å². The number of hydrogen-bond donors (Lipinski definition) is 1. The summed E-state index contributed by atoms with van der Waals surface area (Å²) in [6.07, 6.45) is 4.57. The van der Waals surface area contributed by atoms with Crippen LogP contribution in [0.2, 0.25) is 5.02 Å². The molecule has 2 aliphatic rings. The predicted molar refractivity (Wildman–Crippen MR) is 124 cm³/mol. The van der Waals surface area contributed by atoms with Gasteiger partial charge in [-0.3, -0.25) is 4.90 Å². The minimum absolute atomic E-state index is 0.220. The van der Waals surface area contributed by atoms with Crippen LogP contribution in [0.15, 0.2) is 36.5 Å². The van der Waals surface area contributed by atoms with Gasteiger partial charge in [0, 0.05) is 13.0 Å². The molecule has 0 radical (unpaired) electrons. The van der Waals surface area contributed by atoms with E-state index in [1.165, 1.54) is 11.3 Å². The highest BCUT2D eigenvalue weighted by Gasteiger charge is 2.28. The molecule has 164 valence electrons. The summed E-state index contributed by atoms with van der Waals surface area (Å²) in [5, 5.41) is 13.5. The maximum Gasteiger partial charge on any atom is 0.189 e. The Hall–Kier alpha value is -2.86. The number of anilines is 2. The summed E-state index contributed by atoms with van der Waals surface area (Å²) in [4.78, 5) is 12.1. The van der Waals surface area contributed by atoms with E-state index in [4.69, 9.17) is 31.3 Å². The van der Waals surface area contributed by atoms with Crippen molar-refractivity contribution in [2.45, 2.75) is 31.8 Å². The summed E-state index contributed by atoms with van der Waals surface area (Å²) in [6.45, 7) is 3.01. The molecule has 1 fully saturated rings. The number of likely N-dealkylation sites (tertiary alicyclic amines) is 1. The third kappa shape index (κ3) is 4.51. The molecule has 32 heavy (non-hydrogen) atoms. The minimum Gasteiger partial charge on any atom is -0.489 e. The van der Waals surface area contributed by atoms with Crippen molar-refractivity contribution in [2.75, 3.05) is 25.1 Å². The maximum absolute atomic E-state index is 9.00. The number of halogens is 1. The van der Waals surface area contributed by atoms with Crippen molar-refractivity contribution >= 4 is 33.9 Å². The molecular formula is C23H22ClN5O2S. The number of aromatic nitrogens is 2. The molecule has 0 amide bonds. The van der Waals surface area contributed by atoms with Crippen LogP contribution in [0.25, 0.3) is 0 Å². The second kappa shape index (κ2) is 9.33. The highest BCUT2D eigenvalue weighted by molar-refractivity contribution is 7.16. The summed E-state index contributed by atoms with van der Waals surface area (Å²) in [7, 11) is 0. The Morgan fingerprint density at radius 1 is 1.25 bits per heavy atom. The SMILES string of the molecule is N#Cc1cnc(Nc2cccc([C@H]3CCCN3Cc3cc(Cl)c4c(c3)OCCCO4)n2)s1. The maximum atomic E-state index is 9.00. The van der Waals surface area contributed by atoms with E-state index in [0.29, 0.717) is 34.0 Å². The minimum atomic E-state index is 0.220. The quantitative estimate of drug-likeness (QED) is 0.544.